The standard InChI is InChI=1S/C23H23F7O/c1-2-3-4-13-5-7-14(8-6-13)16-9-10-17(21(27)20(16)26)23(29,30)31-15-11-18(24)22(28)19(25)12-15/h9-14H,2-8H2,1H3. The number of ether oxygens (including phenoxy) is 1. The van der Waals surface area contributed by atoms with Crippen LogP contribution >= 0.6 is 0 Å². The van der Waals surface area contributed by atoms with Crippen LogP contribution in [0, 0.1) is 35.0 Å². The minimum Gasteiger partial charge on any atom is -0.429 e. The number of rotatable bonds is 7. The van der Waals surface area contributed by atoms with Crippen LogP contribution in [0.4, 0.5) is 30.7 Å². The maximum Gasteiger partial charge on any atom is 0.429 e. The predicted octanol–water partition coefficient (Wildman–Crippen LogP) is 7.97. The lowest BCUT2D eigenvalue weighted by molar-refractivity contribution is -0.188. The molecule has 1 fully saturated rings. The van der Waals surface area contributed by atoms with Gasteiger partial charge in [-0.25, -0.2) is 22.0 Å². The molecule has 0 bridgehead atoms. The van der Waals surface area contributed by atoms with E-state index in [-0.39, 0.29) is 23.6 Å². The summed E-state index contributed by atoms with van der Waals surface area (Å²) in [7, 11) is 0. The molecule has 8 heteroatoms. The fraction of sp³-hybridized carbons (Fsp3) is 0.478. The normalized spacial score (nSPS) is 19.5. The van der Waals surface area contributed by atoms with E-state index in [4.69, 9.17) is 0 Å². The van der Waals surface area contributed by atoms with Crippen molar-refractivity contribution in [1.29, 1.82) is 0 Å². The molecule has 0 saturated heterocycles. The van der Waals surface area contributed by atoms with Gasteiger partial charge in [-0.2, -0.15) is 8.78 Å². The van der Waals surface area contributed by atoms with Crippen molar-refractivity contribution in [2.24, 2.45) is 5.92 Å². The second-order valence-corrected chi connectivity index (χ2v) is 8.01. The van der Waals surface area contributed by atoms with Crippen molar-refractivity contribution in [3.63, 3.8) is 0 Å². The summed E-state index contributed by atoms with van der Waals surface area (Å²) in [4.78, 5) is 0. The Balaban J connectivity index is 1.78. The maximum absolute atomic E-state index is 14.7. The Hall–Kier alpha value is -2.25. The first kappa shape index (κ1) is 23.4. The molecule has 170 valence electrons. The highest BCUT2D eigenvalue weighted by atomic mass is 19.3. The van der Waals surface area contributed by atoms with Gasteiger partial charge in [-0.15, -0.1) is 0 Å². The molecule has 0 radical (unpaired) electrons. The summed E-state index contributed by atoms with van der Waals surface area (Å²) in [5, 5.41) is 0. The fourth-order valence-corrected chi connectivity index (χ4v) is 4.15. The number of unbranched alkanes of at least 4 members (excludes halogenated alkanes) is 1. The van der Waals surface area contributed by atoms with Crippen LogP contribution in [0.5, 0.6) is 5.75 Å². The van der Waals surface area contributed by atoms with Crippen molar-refractivity contribution >= 4 is 0 Å². The van der Waals surface area contributed by atoms with Crippen molar-refractivity contribution in [3.05, 3.63) is 64.5 Å². The van der Waals surface area contributed by atoms with Gasteiger partial charge in [0.15, 0.2) is 29.1 Å². The van der Waals surface area contributed by atoms with Crippen LogP contribution in [-0.2, 0) is 6.11 Å². The van der Waals surface area contributed by atoms with E-state index in [1.165, 1.54) is 0 Å². The molecule has 1 nitrogen and oxygen atoms in total. The average Bonchev–Trinajstić information content (AvgIpc) is 2.72. The number of hydrogen-bond donors (Lipinski definition) is 0. The van der Waals surface area contributed by atoms with Gasteiger partial charge in [0.25, 0.3) is 0 Å². The molecule has 0 amide bonds. The van der Waals surface area contributed by atoms with Gasteiger partial charge in [-0.1, -0.05) is 32.3 Å². The van der Waals surface area contributed by atoms with Crippen LogP contribution in [0.15, 0.2) is 24.3 Å². The third kappa shape index (κ3) is 5.15. The zero-order valence-electron chi connectivity index (χ0n) is 17.0. The molecule has 1 aliphatic rings. The molecule has 0 spiro atoms. The molecule has 0 atom stereocenters. The minimum atomic E-state index is -4.43. The summed E-state index contributed by atoms with van der Waals surface area (Å²) in [6.45, 7) is 2.11. The molecule has 31 heavy (non-hydrogen) atoms. The third-order valence-electron chi connectivity index (χ3n) is 5.88. The number of hydrogen-bond acceptors (Lipinski definition) is 1. The number of benzene rings is 2. The van der Waals surface area contributed by atoms with E-state index in [0.29, 0.717) is 24.8 Å². The molecule has 0 unspecified atom stereocenters. The largest absolute Gasteiger partial charge is 0.429 e. The van der Waals surface area contributed by atoms with E-state index in [2.05, 4.69) is 11.7 Å². The van der Waals surface area contributed by atoms with E-state index in [1.807, 2.05) is 0 Å². The average molecular weight is 448 g/mol. The highest BCUT2D eigenvalue weighted by Crippen LogP contribution is 2.41. The lowest BCUT2D eigenvalue weighted by Gasteiger charge is -2.29. The van der Waals surface area contributed by atoms with Crippen LogP contribution in [0.2, 0.25) is 0 Å². The number of alkyl halides is 2. The van der Waals surface area contributed by atoms with Crippen molar-refractivity contribution < 1.29 is 35.5 Å². The minimum absolute atomic E-state index is 0.0323. The van der Waals surface area contributed by atoms with Gasteiger partial charge in [0, 0.05) is 12.1 Å². The molecular formula is C23H23F7O. The second-order valence-electron chi connectivity index (χ2n) is 8.01. The van der Waals surface area contributed by atoms with Crippen molar-refractivity contribution in [1.82, 2.24) is 0 Å². The topological polar surface area (TPSA) is 9.23 Å². The SMILES string of the molecule is CCCCC1CCC(c2ccc(C(F)(F)Oc3cc(F)c(F)c(F)c3)c(F)c2F)CC1. The van der Waals surface area contributed by atoms with Crippen LogP contribution in [-0.4, -0.2) is 0 Å². The Bertz CT molecular complexity index is 897. The lowest BCUT2D eigenvalue weighted by Crippen LogP contribution is -2.25. The van der Waals surface area contributed by atoms with Gasteiger partial charge in [-0.05, 0) is 49.1 Å². The number of halogens is 7. The summed E-state index contributed by atoms with van der Waals surface area (Å²) < 4.78 is 102. The quantitative estimate of drug-likeness (QED) is 0.308. The van der Waals surface area contributed by atoms with Gasteiger partial charge >= 0.3 is 6.11 Å². The first-order valence-electron chi connectivity index (χ1n) is 10.3. The van der Waals surface area contributed by atoms with Crippen molar-refractivity contribution in [3.8, 4) is 5.75 Å². The molecule has 0 N–H and O–H groups in total. The molecule has 1 saturated carbocycles. The summed E-state index contributed by atoms with van der Waals surface area (Å²) in [5.41, 5.74) is -1.37. The first-order chi connectivity index (χ1) is 14.6. The van der Waals surface area contributed by atoms with Crippen LogP contribution in [0.3, 0.4) is 0 Å². The van der Waals surface area contributed by atoms with Gasteiger partial charge < -0.3 is 4.74 Å². The molecule has 1 aliphatic carbocycles. The van der Waals surface area contributed by atoms with Gasteiger partial charge in [-0.3, -0.25) is 0 Å². The van der Waals surface area contributed by atoms with Gasteiger partial charge in [0.1, 0.15) is 11.3 Å². The summed E-state index contributed by atoms with van der Waals surface area (Å²) in [6, 6.07) is 2.22. The zero-order valence-corrected chi connectivity index (χ0v) is 17.0. The van der Waals surface area contributed by atoms with E-state index >= 15 is 0 Å². The van der Waals surface area contributed by atoms with E-state index < -0.39 is 46.5 Å². The molecule has 0 aromatic heterocycles. The monoisotopic (exact) mass is 448 g/mol. The van der Waals surface area contributed by atoms with E-state index in [9.17, 15) is 30.7 Å². The van der Waals surface area contributed by atoms with E-state index in [0.717, 1.165) is 38.2 Å². The molecular weight excluding hydrogens is 425 g/mol. The van der Waals surface area contributed by atoms with Crippen LogP contribution in [0.1, 0.15) is 68.9 Å². The summed E-state index contributed by atoms with van der Waals surface area (Å²) in [5.74, 6) is -9.30. The Labute approximate surface area is 176 Å². The third-order valence-corrected chi connectivity index (χ3v) is 5.88. The Kier molecular flexibility index (Phi) is 7.17. The van der Waals surface area contributed by atoms with E-state index in [1.54, 1.807) is 0 Å². The van der Waals surface area contributed by atoms with Gasteiger partial charge in [0.05, 0.1) is 0 Å². The summed E-state index contributed by atoms with van der Waals surface area (Å²) in [6.07, 6.45) is 1.89. The maximum atomic E-state index is 14.7. The van der Waals surface area contributed by atoms with Gasteiger partial charge in [0.2, 0.25) is 0 Å². The van der Waals surface area contributed by atoms with Crippen molar-refractivity contribution in [2.75, 3.05) is 0 Å². The van der Waals surface area contributed by atoms with Crippen LogP contribution in [0.25, 0.3) is 0 Å². The second kappa shape index (κ2) is 9.49. The fourth-order valence-electron chi connectivity index (χ4n) is 4.15. The Morgan fingerprint density at radius 1 is 0.871 bits per heavy atom. The molecule has 3 rings (SSSR count). The van der Waals surface area contributed by atoms with Crippen LogP contribution < -0.4 is 4.74 Å². The Morgan fingerprint density at radius 2 is 1.48 bits per heavy atom. The summed E-state index contributed by atoms with van der Waals surface area (Å²) >= 11 is 0. The first-order valence-corrected chi connectivity index (χ1v) is 10.3. The molecule has 0 aliphatic heterocycles. The molecule has 0 heterocycles. The lowest BCUT2D eigenvalue weighted by atomic mass is 9.77. The zero-order chi connectivity index (χ0) is 22.8. The highest BCUT2D eigenvalue weighted by molar-refractivity contribution is 5.33. The predicted molar refractivity (Wildman–Crippen MR) is 101 cm³/mol. The Morgan fingerprint density at radius 3 is 2.06 bits per heavy atom. The van der Waals surface area contributed by atoms with Crippen molar-refractivity contribution in [2.45, 2.75) is 63.9 Å². The molecule has 2 aromatic carbocycles. The molecule has 2 aromatic rings. The smallest absolute Gasteiger partial charge is 0.429 e. The highest BCUT2D eigenvalue weighted by Gasteiger charge is 2.40.